The molecule has 0 spiro atoms. The molecule has 1 saturated heterocycles. The second-order valence-corrected chi connectivity index (χ2v) is 7.95. The number of rotatable bonds is 6. The first-order chi connectivity index (χ1) is 9.67. The van der Waals surface area contributed by atoms with Gasteiger partial charge in [0.15, 0.2) is 0 Å². The van der Waals surface area contributed by atoms with E-state index in [0.717, 1.165) is 31.2 Å². The summed E-state index contributed by atoms with van der Waals surface area (Å²) in [5, 5.41) is 3.63. The number of hydrogen-bond donors (Lipinski definition) is 1. The molecule has 20 heavy (non-hydrogen) atoms. The smallest absolute Gasteiger partial charge is 0.0302 e. The number of aryl methyl sites for hydroxylation is 1. The highest BCUT2D eigenvalue weighted by Gasteiger charge is 2.29. The van der Waals surface area contributed by atoms with E-state index in [0.29, 0.717) is 0 Å². The minimum absolute atomic E-state index is 0.757. The van der Waals surface area contributed by atoms with Crippen molar-refractivity contribution in [2.45, 2.75) is 84.1 Å². The molecule has 2 unspecified atom stereocenters. The maximum absolute atomic E-state index is 3.63. The zero-order chi connectivity index (χ0) is 14.1. The summed E-state index contributed by atoms with van der Waals surface area (Å²) in [6, 6.07) is 4.82. The van der Waals surface area contributed by atoms with E-state index in [1.54, 1.807) is 5.56 Å². The third-order valence-electron chi connectivity index (χ3n) is 4.99. The lowest BCUT2D eigenvalue weighted by Crippen LogP contribution is -2.33. The lowest BCUT2D eigenvalue weighted by atomic mass is 10.1. The fourth-order valence-electron chi connectivity index (χ4n) is 3.41. The van der Waals surface area contributed by atoms with Gasteiger partial charge in [-0.2, -0.15) is 0 Å². The van der Waals surface area contributed by atoms with Crippen LogP contribution < -0.4 is 5.32 Å². The minimum atomic E-state index is 0.757. The Labute approximate surface area is 127 Å². The van der Waals surface area contributed by atoms with E-state index in [1.807, 2.05) is 11.3 Å². The van der Waals surface area contributed by atoms with E-state index in [9.17, 15) is 0 Å². The first-order valence-electron chi connectivity index (χ1n) is 8.24. The van der Waals surface area contributed by atoms with Gasteiger partial charge in [-0.1, -0.05) is 6.92 Å². The van der Waals surface area contributed by atoms with E-state index >= 15 is 0 Å². The monoisotopic (exact) mass is 292 g/mol. The molecule has 0 bridgehead atoms. The van der Waals surface area contributed by atoms with Crippen molar-refractivity contribution in [2.24, 2.45) is 0 Å². The second-order valence-electron chi connectivity index (χ2n) is 6.61. The zero-order valence-electron chi connectivity index (χ0n) is 13.1. The standard InChI is InChI=1S/C17H28N2S/c1-4-16-8-5-12(2)19(16)11-14-9-17(20-13(14)3)10-18-15-6-7-15/h9,12,15-16,18H,4-8,10-11H2,1-3H3. The molecule has 1 aliphatic carbocycles. The molecule has 0 amide bonds. The molecular weight excluding hydrogens is 264 g/mol. The van der Waals surface area contributed by atoms with Crippen molar-refractivity contribution in [1.29, 1.82) is 0 Å². The Morgan fingerprint density at radius 3 is 2.80 bits per heavy atom. The lowest BCUT2D eigenvalue weighted by molar-refractivity contribution is 0.189. The van der Waals surface area contributed by atoms with Gasteiger partial charge in [-0.3, -0.25) is 4.90 Å². The van der Waals surface area contributed by atoms with E-state index in [4.69, 9.17) is 0 Å². The van der Waals surface area contributed by atoms with E-state index < -0.39 is 0 Å². The van der Waals surface area contributed by atoms with E-state index in [-0.39, 0.29) is 0 Å². The van der Waals surface area contributed by atoms with Crippen molar-refractivity contribution >= 4 is 11.3 Å². The Morgan fingerprint density at radius 1 is 1.30 bits per heavy atom. The molecule has 2 nitrogen and oxygen atoms in total. The number of nitrogens with zero attached hydrogens (tertiary/aromatic N) is 1. The van der Waals surface area contributed by atoms with E-state index in [1.165, 1.54) is 41.9 Å². The summed E-state index contributed by atoms with van der Waals surface area (Å²) < 4.78 is 0. The fraction of sp³-hybridized carbons (Fsp3) is 0.765. The summed E-state index contributed by atoms with van der Waals surface area (Å²) in [6.45, 7) is 9.25. The lowest BCUT2D eigenvalue weighted by Gasteiger charge is -2.27. The number of hydrogen-bond acceptors (Lipinski definition) is 3. The SMILES string of the molecule is CCC1CCC(C)N1Cc1cc(CNC2CC2)sc1C. The molecule has 112 valence electrons. The molecule has 2 fully saturated rings. The van der Waals surface area contributed by atoms with Crippen LogP contribution >= 0.6 is 11.3 Å². The van der Waals surface area contributed by atoms with Crippen molar-refractivity contribution < 1.29 is 0 Å². The van der Waals surface area contributed by atoms with Crippen LogP contribution in [0.1, 0.15) is 61.3 Å². The van der Waals surface area contributed by atoms with Crippen LogP contribution in [0.4, 0.5) is 0 Å². The van der Waals surface area contributed by atoms with Gasteiger partial charge >= 0.3 is 0 Å². The summed E-state index contributed by atoms with van der Waals surface area (Å²) in [4.78, 5) is 5.77. The van der Waals surface area contributed by atoms with E-state index in [2.05, 4.69) is 37.1 Å². The predicted octanol–water partition coefficient (Wildman–Crippen LogP) is 4.07. The molecule has 2 heterocycles. The number of nitrogens with one attached hydrogen (secondary N) is 1. The first-order valence-corrected chi connectivity index (χ1v) is 9.06. The highest BCUT2D eigenvalue weighted by atomic mass is 32.1. The minimum Gasteiger partial charge on any atom is -0.309 e. The van der Waals surface area contributed by atoms with Gasteiger partial charge in [-0.25, -0.2) is 0 Å². The van der Waals surface area contributed by atoms with Gasteiger partial charge in [-0.15, -0.1) is 11.3 Å². The van der Waals surface area contributed by atoms with Gasteiger partial charge in [0.1, 0.15) is 0 Å². The van der Waals surface area contributed by atoms with Crippen LogP contribution in [-0.4, -0.2) is 23.0 Å². The highest BCUT2D eigenvalue weighted by Crippen LogP contribution is 2.31. The van der Waals surface area contributed by atoms with Crippen LogP contribution in [-0.2, 0) is 13.1 Å². The Hall–Kier alpha value is -0.380. The molecule has 1 aliphatic heterocycles. The summed E-state index contributed by atoms with van der Waals surface area (Å²) in [6.07, 6.45) is 6.81. The van der Waals surface area contributed by atoms with Crippen molar-refractivity contribution in [3.8, 4) is 0 Å². The Bertz CT molecular complexity index is 450. The summed E-state index contributed by atoms with van der Waals surface area (Å²) in [5.41, 5.74) is 1.56. The van der Waals surface area contributed by atoms with Crippen LogP contribution in [0.3, 0.4) is 0 Å². The predicted molar refractivity (Wildman–Crippen MR) is 87.2 cm³/mol. The van der Waals surface area contributed by atoms with Gasteiger partial charge in [0.2, 0.25) is 0 Å². The van der Waals surface area contributed by atoms with Crippen molar-refractivity contribution in [3.63, 3.8) is 0 Å². The topological polar surface area (TPSA) is 15.3 Å². The quantitative estimate of drug-likeness (QED) is 0.850. The molecule has 1 saturated carbocycles. The molecule has 1 aromatic heterocycles. The molecule has 1 N–H and O–H groups in total. The maximum atomic E-state index is 3.63. The Morgan fingerprint density at radius 2 is 2.10 bits per heavy atom. The highest BCUT2D eigenvalue weighted by molar-refractivity contribution is 7.12. The van der Waals surface area contributed by atoms with Crippen molar-refractivity contribution in [1.82, 2.24) is 10.2 Å². The first kappa shape index (κ1) is 14.6. The average Bonchev–Trinajstić information content (AvgIpc) is 3.11. The Kier molecular flexibility index (Phi) is 4.49. The summed E-state index contributed by atoms with van der Waals surface area (Å²) in [7, 11) is 0. The zero-order valence-corrected chi connectivity index (χ0v) is 13.9. The molecule has 3 rings (SSSR count). The van der Waals surface area contributed by atoms with Gasteiger partial charge < -0.3 is 5.32 Å². The van der Waals surface area contributed by atoms with Crippen LogP contribution in [0.5, 0.6) is 0 Å². The Balaban J connectivity index is 1.63. The van der Waals surface area contributed by atoms with Crippen LogP contribution in [0, 0.1) is 6.92 Å². The van der Waals surface area contributed by atoms with Crippen molar-refractivity contribution in [2.75, 3.05) is 0 Å². The molecule has 0 aromatic carbocycles. The van der Waals surface area contributed by atoms with Gasteiger partial charge in [0.25, 0.3) is 0 Å². The molecule has 2 aliphatic rings. The van der Waals surface area contributed by atoms with Gasteiger partial charge in [-0.05, 0) is 57.6 Å². The van der Waals surface area contributed by atoms with Crippen LogP contribution in [0.2, 0.25) is 0 Å². The molecule has 0 radical (unpaired) electrons. The number of likely N-dealkylation sites (tertiary alicyclic amines) is 1. The van der Waals surface area contributed by atoms with Crippen LogP contribution in [0.15, 0.2) is 6.07 Å². The maximum Gasteiger partial charge on any atom is 0.0302 e. The second kappa shape index (κ2) is 6.17. The summed E-state index contributed by atoms with van der Waals surface area (Å²) in [5.74, 6) is 0. The molecule has 1 aromatic rings. The van der Waals surface area contributed by atoms with Gasteiger partial charge in [0.05, 0.1) is 0 Å². The molecule has 3 heteroatoms. The summed E-state index contributed by atoms with van der Waals surface area (Å²) >= 11 is 1.99. The molecular formula is C17H28N2S. The third-order valence-corrected chi connectivity index (χ3v) is 6.08. The van der Waals surface area contributed by atoms with Crippen molar-refractivity contribution in [3.05, 3.63) is 21.4 Å². The van der Waals surface area contributed by atoms with Gasteiger partial charge in [0, 0.05) is 41.0 Å². The van der Waals surface area contributed by atoms with Crippen LogP contribution in [0.25, 0.3) is 0 Å². The molecule has 2 atom stereocenters. The third kappa shape index (κ3) is 3.26. The normalized spacial score (nSPS) is 27.4. The largest absolute Gasteiger partial charge is 0.309 e. The number of thiophene rings is 1. The fourth-order valence-corrected chi connectivity index (χ4v) is 4.41. The average molecular weight is 292 g/mol.